The molecule has 3 aliphatic heterocycles. The third-order valence-electron chi connectivity index (χ3n) is 12.9. The minimum Gasteiger partial charge on any atom is -0.456 e. The smallest absolute Gasteiger partial charge is 0.186 e. The number of rotatable bonds is 4. The number of hydrogen-bond donors (Lipinski definition) is 0. The van der Waals surface area contributed by atoms with E-state index < -0.39 is 22.2 Å². The van der Waals surface area contributed by atoms with Crippen LogP contribution in [-0.2, 0) is 4.57 Å². The molecule has 0 bridgehead atoms. The fourth-order valence-electron chi connectivity index (χ4n) is 10.6. The van der Waals surface area contributed by atoms with Crippen LogP contribution in [-0.4, -0.2) is 0 Å². The maximum Gasteiger partial charge on any atom is 0.186 e. The predicted molar refractivity (Wildman–Crippen MR) is 261 cm³/mol. The molecule has 0 N–H and O–H groups in total. The molecule has 5 heterocycles. The molecule has 11 aromatic rings. The van der Waals surface area contributed by atoms with E-state index in [1.165, 1.54) is 41.9 Å². The van der Waals surface area contributed by atoms with Crippen LogP contribution in [0.3, 0.4) is 0 Å². The zero-order valence-corrected chi connectivity index (χ0v) is 35.3. The van der Waals surface area contributed by atoms with Crippen LogP contribution in [0.1, 0.15) is 0 Å². The molecule has 0 saturated carbocycles. The Bertz CT molecular complexity index is 3480. The second-order valence-corrected chi connectivity index (χ2v) is 22.8. The molecule has 0 aliphatic carbocycles. The second-order valence-electron chi connectivity index (χ2n) is 16.0. The van der Waals surface area contributed by atoms with E-state index >= 15 is 4.57 Å². The van der Waals surface area contributed by atoms with Gasteiger partial charge in [-0.1, -0.05) is 167 Å². The number of anilines is 6. The molecule has 14 rings (SSSR count). The van der Waals surface area contributed by atoms with Crippen LogP contribution >= 0.6 is 22.2 Å². The van der Waals surface area contributed by atoms with Crippen molar-refractivity contribution >= 4 is 114 Å². The van der Waals surface area contributed by atoms with E-state index in [9.17, 15) is 0 Å². The van der Waals surface area contributed by atoms with Gasteiger partial charge >= 0.3 is 0 Å². The summed E-state index contributed by atoms with van der Waals surface area (Å²) in [5.74, 6) is 1.36. The van der Waals surface area contributed by atoms with Crippen LogP contribution in [0.25, 0.3) is 52.6 Å². The monoisotopic (exact) mass is 834 g/mol. The van der Waals surface area contributed by atoms with E-state index in [0.29, 0.717) is 11.5 Å². The summed E-state index contributed by atoms with van der Waals surface area (Å²) in [7, 11) is -5.74. The molecule has 2 atom stereocenters. The van der Waals surface area contributed by atoms with Crippen molar-refractivity contribution in [1.29, 1.82) is 0 Å². The minimum absolute atomic E-state index is 0.682. The van der Waals surface area contributed by atoms with E-state index in [1.54, 1.807) is 0 Å². The Balaban J connectivity index is 1.24. The zero-order valence-electron chi connectivity index (χ0n) is 32.6. The Morgan fingerprint density at radius 1 is 0.393 bits per heavy atom. The van der Waals surface area contributed by atoms with Crippen LogP contribution in [0.4, 0.5) is 34.1 Å². The van der Waals surface area contributed by atoms with Crippen molar-refractivity contribution in [2.24, 2.45) is 0 Å². The van der Waals surface area contributed by atoms with Gasteiger partial charge in [0, 0.05) is 42.6 Å². The summed E-state index contributed by atoms with van der Waals surface area (Å²) in [5.41, 5.74) is 5.94. The van der Waals surface area contributed by atoms with Crippen molar-refractivity contribution in [3.05, 3.63) is 200 Å². The fraction of sp³-hybridized carbons (Fsp3) is 0. The molecule has 286 valence electrons. The SMILES string of the molecule is O=P12c3c4cccc3N(c3ccccc3)c3c1c(cc1c5ccccc5p(-c5ccccc5)c31)Oc1cc3c5ccccc5p(-c5ccccc5)c3c(c12)N4c1ccccc1. The molecule has 9 aromatic carbocycles. The maximum absolute atomic E-state index is 17.9. The van der Waals surface area contributed by atoms with Crippen LogP contribution < -0.4 is 30.5 Å². The lowest BCUT2D eigenvalue weighted by molar-refractivity contribution is 0.487. The van der Waals surface area contributed by atoms with Gasteiger partial charge in [-0.3, -0.25) is 0 Å². The van der Waals surface area contributed by atoms with E-state index in [0.717, 1.165) is 60.8 Å². The summed E-state index contributed by atoms with van der Waals surface area (Å²) in [6.45, 7) is 0. The third-order valence-corrected chi connectivity index (χ3v) is 21.3. The van der Waals surface area contributed by atoms with Crippen molar-refractivity contribution in [2.45, 2.75) is 0 Å². The van der Waals surface area contributed by atoms with Crippen LogP contribution in [0.5, 0.6) is 11.5 Å². The molecule has 4 nitrogen and oxygen atoms in total. The highest BCUT2D eigenvalue weighted by Gasteiger charge is 2.55. The van der Waals surface area contributed by atoms with Crippen LogP contribution in [0.15, 0.2) is 200 Å². The first kappa shape index (κ1) is 34.0. The summed E-state index contributed by atoms with van der Waals surface area (Å²) in [5, 5.41) is 14.8. The Hall–Kier alpha value is -6.79. The fourth-order valence-corrected chi connectivity index (χ4v) is 19.9. The van der Waals surface area contributed by atoms with Crippen molar-refractivity contribution < 1.29 is 9.30 Å². The van der Waals surface area contributed by atoms with E-state index in [-0.39, 0.29) is 0 Å². The van der Waals surface area contributed by atoms with Gasteiger partial charge in [0.15, 0.2) is 7.14 Å². The van der Waals surface area contributed by atoms with Crippen LogP contribution in [0, 0.1) is 0 Å². The molecule has 61 heavy (non-hydrogen) atoms. The lowest BCUT2D eigenvalue weighted by Gasteiger charge is -2.47. The van der Waals surface area contributed by atoms with Gasteiger partial charge in [-0.25, -0.2) is 0 Å². The van der Waals surface area contributed by atoms with E-state index in [2.05, 4.69) is 210 Å². The average molecular weight is 835 g/mol. The molecule has 0 fully saturated rings. The van der Waals surface area contributed by atoms with E-state index in [1.807, 2.05) is 0 Å². The Morgan fingerprint density at radius 3 is 1.23 bits per heavy atom. The van der Waals surface area contributed by atoms with Crippen molar-refractivity contribution in [1.82, 2.24) is 0 Å². The largest absolute Gasteiger partial charge is 0.456 e. The highest BCUT2D eigenvalue weighted by Crippen LogP contribution is 2.72. The summed E-state index contributed by atoms with van der Waals surface area (Å²) < 4.78 is 25.3. The molecule has 2 aromatic heterocycles. The van der Waals surface area contributed by atoms with Gasteiger partial charge in [-0.15, -0.1) is 0 Å². The van der Waals surface area contributed by atoms with Gasteiger partial charge in [0.2, 0.25) is 0 Å². The lowest BCUT2D eigenvalue weighted by atomic mass is 10.1. The number of para-hydroxylation sites is 2. The molecule has 0 spiro atoms. The number of ether oxygens (including phenoxy) is 1. The van der Waals surface area contributed by atoms with E-state index in [4.69, 9.17) is 4.74 Å². The van der Waals surface area contributed by atoms with Crippen molar-refractivity contribution in [2.75, 3.05) is 9.80 Å². The summed E-state index contributed by atoms with van der Waals surface area (Å²) in [4.78, 5) is 4.83. The number of benzene rings is 9. The van der Waals surface area contributed by atoms with Crippen molar-refractivity contribution in [3.8, 4) is 22.1 Å². The first-order valence-electron chi connectivity index (χ1n) is 20.6. The Morgan fingerprint density at radius 2 is 0.787 bits per heavy atom. The lowest BCUT2D eigenvalue weighted by Crippen LogP contribution is -2.45. The van der Waals surface area contributed by atoms with Gasteiger partial charge < -0.3 is 19.1 Å². The van der Waals surface area contributed by atoms with Crippen molar-refractivity contribution in [3.63, 3.8) is 0 Å². The molecule has 0 radical (unpaired) electrons. The first-order valence-corrected chi connectivity index (χ1v) is 25.0. The molecular formula is C54H33N2O2P3. The van der Waals surface area contributed by atoms with Gasteiger partial charge in [-0.2, -0.15) is 0 Å². The number of nitrogens with zero attached hydrogens (tertiary/aromatic N) is 2. The average Bonchev–Trinajstić information content (AvgIpc) is 3.83. The topological polar surface area (TPSA) is 32.8 Å². The first-order chi connectivity index (χ1) is 30.2. The Kier molecular flexibility index (Phi) is 6.90. The van der Waals surface area contributed by atoms with Gasteiger partial charge in [-0.05, 0) is 69.9 Å². The van der Waals surface area contributed by atoms with Gasteiger partial charge in [0.1, 0.15) is 11.5 Å². The maximum atomic E-state index is 17.9. The zero-order chi connectivity index (χ0) is 40.0. The number of hydrogen-bond acceptors (Lipinski definition) is 4. The third kappa shape index (κ3) is 4.34. The summed E-state index contributed by atoms with van der Waals surface area (Å²) in [6, 6.07) is 71.9. The normalized spacial score (nSPS) is 16.3. The molecule has 0 saturated heterocycles. The number of fused-ring (bicyclic) bond motifs is 8. The molecule has 3 aliphatic rings. The summed E-state index contributed by atoms with van der Waals surface area (Å²) in [6.07, 6.45) is 0. The molecule has 7 heteroatoms. The van der Waals surface area contributed by atoms with Gasteiger partial charge in [0.25, 0.3) is 0 Å². The predicted octanol–water partition coefficient (Wildman–Crippen LogP) is 15.6. The summed E-state index contributed by atoms with van der Waals surface area (Å²) >= 11 is 0. The standard InChI is InChI=1S/C54H33N2O2P3/c57-61-52-42-28-17-29-43(52)56(35-20-7-2-8-21-35)49-51-41(39-27-14-16-31-47(39)60(51)37-24-11-4-12-25-37)33-45(54(49)61)58-44-32-40-38-26-13-15-30-46(38)59(36-22-9-3-10-23-36)50(40)48(53(44)61)55(42)34-18-5-1-6-19-34/h1-33H. The van der Waals surface area contributed by atoms with Crippen LogP contribution in [0.2, 0.25) is 0 Å². The molecular weight excluding hydrogens is 802 g/mol. The van der Waals surface area contributed by atoms with Gasteiger partial charge in [0.05, 0.1) is 38.7 Å². The molecule has 0 amide bonds. The minimum atomic E-state index is -3.68. The highest BCUT2D eigenvalue weighted by molar-refractivity contribution is 7.87. The second kappa shape index (κ2) is 12.4. The highest BCUT2D eigenvalue weighted by atomic mass is 31.2. The Labute approximate surface area is 354 Å². The molecule has 2 unspecified atom stereocenters. The quantitative estimate of drug-likeness (QED) is 0.165.